The maximum atomic E-state index is 12.5. The van der Waals surface area contributed by atoms with Crippen LogP contribution in [0, 0.1) is 0 Å². The highest BCUT2D eigenvalue weighted by atomic mass is 32.2. The molecule has 0 aliphatic rings. The first-order valence-electron chi connectivity index (χ1n) is 16.7. The van der Waals surface area contributed by atoms with E-state index in [0.29, 0.717) is 0 Å². The minimum atomic E-state index is -5.12. The number of rotatable bonds is 12. The maximum Gasteiger partial charge on any atom is 0.296 e. The van der Waals surface area contributed by atoms with E-state index in [1.807, 2.05) is 0 Å². The zero-order valence-electron chi connectivity index (χ0n) is 31.2. The van der Waals surface area contributed by atoms with Crippen molar-refractivity contribution in [1.82, 2.24) is 0 Å². The molecule has 0 amide bonds. The summed E-state index contributed by atoms with van der Waals surface area (Å²) in [7, 11) is -29.9. The summed E-state index contributed by atoms with van der Waals surface area (Å²) < 4.78 is 204. The normalized spacial score (nSPS) is 13.5. The number of fused-ring (bicyclic) bond motifs is 2. The summed E-state index contributed by atoms with van der Waals surface area (Å²) in [5.41, 5.74) is 8.41. The molecule has 0 saturated carbocycles. The van der Waals surface area contributed by atoms with Crippen molar-refractivity contribution < 1.29 is 77.8 Å². The molecule has 6 aromatic rings. The molecular formula is C34H26N6O18S6. The Kier molecular flexibility index (Phi) is 12.2. The summed E-state index contributed by atoms with van der Waals surface area (Å²) in [5, 5.41) is 15.0. The Morgan fingerprint density at radius 3 is 1.00 bits per heavy atom. The van der Waals surface area contributed by atoms with E-state index >= 15 is 0 Å². The Morgan fingerprint density at radius 2 is 0.703 bits per heavy atom. The van der Waals surface area contributed by atoms with Gasteiger partial charge in [-0.3, -0.25) is 27.3 Å². The highest BCUT2D eigenvalue weighted by Crippen LogP contribution is 2.41. The average Bonchev–Trinajstić information content (AvgIpc) is 3.16. The molecule has 0 aromatic heterocycles. The van der Waals surface area contributed by atoms with Gasteiger partial charge in [0.05, 0.1) is 32.5 Å². The number of nitrogens with zero attached hydrogens (tertiary/aromatic N) is 4. The molecule has 0 aliphatic carbocycles. The van der Waals surface area contributed by atoms with E-state index in [-0.39, 0.29) is 44.0 Å². The Balaban J connectivity index is 1.40. The van der Waals surface area contributed by atoms with Crippen LogP contribution in [-0.4, -0.2) is 77.8 Å². The van der Waals surface area contributed by atoms with Gasteiger partial charge in [0.15, 0.2) is 0 Å². The first-order chi connectivity index (χ1) is 29.3. The van der Waals surface area contributed by atoms with E-state index in [2.05, 4.69) is 20.5 Å². The van der Waals surface area contributed by atoms with Gasteiger partial charge in [-0.25, -0.2) is 0 Å². The molecule has 0 heterocycles. The number of nitrogen functional groups attached to an aromatic ring is 2. The van der Waals surface area contributed by atoms with Crippen molar-refractivity contribution in [1.29, 1.82) is 0 Å². The van der Waals surface area contributed by atoms with Gasteiger partial charge in [0.1, 0.15) is 31.0 Å². The van der Waals surface area contributed by atoms with E-state index in [4.69, 9.17) is 11.5 Å². The molecule has 10 N–H and O–H groups in total. The lowest BCUT2D eigenvalue weighted by molar-refractivity contribution is 0.480. The molecule has 0 atom stereocenters. The number of benzene rings is 6. The van der Waals surface area contributed by atoms with Crippen LogP contribution in [0.3, 0.4) is 0 Å². The van der Waals surface area contributed by atoms with Gasteiger partial charge in [-0.15, -0.1) is 10.2 Å². The second-order valence-electron chi connectivity index (χ2n) is 13.1. The van der Waals surface area contributed by atoms with Crippen LogP contribution in [0.15, 0.2) is 135 Å². The Morgan fingerprint density at radius 1 is 0.375 bits per heavy atom. The Bertz CT molecular complexity index is 3550. The van der Waals surface area contributed by atoms with Crippen molar-refractivity contribution in [2.24, 2.45) is 20.5 Å². The summed E-state index contributed by atoms with van der Waals surface area (Å²) in [5.74, 6) is 0. The summed E-state index contributed by atoms with van der Waals surface area (Å²) in [6, 6.07) is 13.3. The van der Waals surface area contributed by atoms with Crippen molar-refractivity contribution in [3.8, 4) is 0 Å². The van der Waals surface area contributed by atoms with Crippen LogP contribution in [0.1, 0.15) is 11.1 Å². The third kappa shape index (κ3) is 10.1. The fourth-order valence-electron chi connectivity index (χ4n) is 5.96. The number of hydrogen-bond acceptors (Lipinski definition) is 18. The lowest BCUT2D eigenvalue weighted by Gasteiger charge is -2.11. The van der Waals surface area contributed by atoms with Gasteiger partial charge in [-0.2, -0.15) is 60.7 Å². The zero-order chi connectivity index (χ0) is 47.5. The molecule has 336 valence electrons. The maximum absolute atomic E-state index is 12.5. The van der Waals surface area contributed by atoms with Gasteiger partial charge in [-0.05, 0) is 82.6 Å². The van der Waals surface area contributed by atoms with E-state index < -0.39 is 113 Å². The second-order valence-corrected chi connectivity index (χ2v) is 21.5. The smallest absolute Gasteiger partial charge is 0.296 e. The summed E-state index contributed by atoms with van der Waals surface area (Å²) in [6.45, 7) is 0. The van der Waals surface area contributed by atoms with Crippen LogP contribution < -0.4 is 11.5 Å². The van der Waals surface area contributed by atoms with Crippen molar-refractivity contribution in [2.75, 3.05) is 11.5 Å². The van der Waals surface area contributed by atoms with Crippen LogP contribution in [0.5, 0.6) is 0 Å². The molecule has 24 nitrogen and oxygen atoms in total. The SMILES string of the molecule is Nc1c(S(=O)(=O)O)cc2cc(S(=O)(=O)O)ccc2c1N=Nc1ccc(/C=C/c2ccc(N=Nc3c(N)c(S(=O)(=O)O)cc4cc(S(=O)(=O)O)ccc34)cc2S(=O)(=O)O)c(S(=O)(=O)O)c1. The Hall–Kier alpha value is -6.16. The summed E-state index contributed by atoms with van der Waals surface area (Å²) in [4.78, 5) is -4.87. The fourth-order valence-corrected chi connectivity index (χ4v) is 9.70. The lowest BCUT2D eigenvalue weighted by Crippen LogP contribution is -2.04. The zero-order valence-corrected chi connectivity index (χ0v) is 36.1. The predicted molar refractivity (Wildman–Crippen MR) is 226 cm³/mol. The molecule has 0 saturated heterocycles. The van der Waals surface area contributed by atoms with Gasteiger partial charge >= 0.3 is 0 Å². The highest BCUT2D eigenvalue weighted by Gasteiger charge is 2.24. The van der Waals surface area contributed by atoms with Crippen molar-refractivity contribution >= 4 is 129 Å². The molecule has 64 heavy (non-hydrogen) atoms. The van der Waals surface area contributed by atoms with E-state index in [1.54, 1.807) is 0 Å². The van der Waals surface area contributed by atoms with Gasteiger partial charge < -0.3 is 11.5 Å². The van der Waals surface area contributed by atoms with Crippen LogP contribution in [0.2, 0.25) is 0 Å². The van der Waals surface area contributed by atoms with E-state index in [1.165, 1.54) is 0 Å². The van der Waals surface area contributed by atoms with Crippen LogP contribution in [-0.2, 0) is 60.7 Å². The molecule has 0 bridgehead atoms. The molecule has 0 unspecified atom stereocenters. The molecule has 6 rings (SSSR count). The van der Waals surface area contributed by atoms with Crippen LogP contribution in [0.25, 0.3) is 33.7 Å². The largest absolute Gasteiger partial charge is 0.396 e. The van der Waals surface area contributed by atoms with Gasteiger partial charge in [0, 0.05) is 10.8 Å². The topological polar surface area (TPSA) is 428 Å². The summed E-state index contributed by atoms with van der Waals surface area (Å²) >= 11 is 0. The molecule has 0 spiro atoms. The fraction of sp³-hybridized carbons (Fsp3) is 0. The minimum absolute atomic E-state index is 0.0430. The molecule has 0 aliphatic heterocycles. The average molecular weight is 999 g/mol. The molecular weight excluding hydrogens is 973 g/mol. The van der Waals surface area contributed by atoms with Crippen molar-refractivity contribution in [3.63, 3.8) is 0 Å². The standard InChI is InChI=1S/C34H26N6O18S6/c35-31-29(63(53,54)55)13-19-11-23(59(41,42)43)7-9-25(19)33(31)39-37-21-5-3-17(27(15-21)61(47,48)49)1-2-18-4-6-22(16-28(18)62(50,51)52)38-40-34-26-10-8-24(60(44,45)46)12-20(26)14-30(32(34)36)64(56,57)58/h1-16H,35-36H2,(H,41,42,43)(H,44,45,46)(H,47,48,49)(H,50,51,52)(H,53,54,55)(H,56,57,58)/b2-1+,39-37?,40-38?. The van der Waals surface area contributed by atoms with E-state index in [0.717, 1.165) is 97.1 Å². The molecule has 0 radical (unpaired) electrons. The highest BCUT2D eigenvalue weighted by molar-refractivity contribution is 7.87. The lowest BCUT2D eigenvalue weighted by atomic mass is 10.1. The third-order valence-electron chi connectivity index (χ3n) is 8.85. The van der Waals surface area contributed by atoms with Gasteiger partial charge in [0.2, 0.25) is 0 Å². The first kappa shape index (κ1) is 47.3. The quantitative estimate of drug-likeness (QED) is 0.0318. The summed E-state index contributed by atoms with van der Waals surface area (Å²) in [6.07, 6.45) is 2.00. The van der Waals surface area contributed by atoms with Crippen molar-refractivity contribution in [3.05, 3.63) is 96.1 Å². The first-order valence-corrected chi connectivity index (χ1v) is 25.3. The van der Waals surface area contributed by atoms with Gasteiger partial charge in [0.25, 0.3) is 60.7 Å². The van der Waals surface area contributed by atoms with Crippen molar-refractivity contribution in [2.45, 2.75) is 29.4 Å². The van der Waals surface area contributed by atoms with E-state index in [9.17, 15) is 77.8 Å². The number of nitrogens with two attached hydrogens (primary N) is 2. The molecule has 6 aromatic carbocycles. The second kappa shape index (κ2) is 16.4. The predicted octanol–water partition coefficient (Wildman–Crippen LogP) is 5.64. The third-order valence-corrected chi connectivity index (χ3v) is 14.2. The van der Waals surface area contributed by atoms with Gasteiger partial charge in [-0.1, -0.05) is 36.4 Å². The monoisotopic (exact) mass is 998 g/mol. The number of hydrogen-bond donors (Lipinski definition) is 8. The number of anilines is 2. The van der Waals surface area contributed by atoms with Crippen LogP contribution >= 0.6 is 0 Å². The minimum Gasteiger partial charge on any atom is -0.396 e. The van der Waals surface area contributed by atoms with Crippen LogP contribution in [0.4, 0.5) is 34.1 Å². The Labute approximate surface area is 361 Å². The number of azo groups is 2. The molecule has 0 fully saturated rings. The molecule has 30 heteroatoms.